The third-order valence-electron chi connectivity index (χ3n) is 3.65. The highest BCUT2D eigenvalue weighted by Crippen LogP contribution is 2.22. The topological polar surface area (TPSA) is 35.5 Å². The Kier molecular flexibility index (Phi) is 7.82. The molecule has 1 rings (SSSR count). The molecule has 102 valence electrons. The van der Waals surface area contributed by atoms with Crippen molar-refractivity contribution < 1.29 is 5.11 Å². The average molecular weight is 242 g/mol. The summed E-state index contributed by atoms with van der Waals surface area (Å²) in [5.74, 6) is 0. The van der Waals surface area contributed by atoms with Crippen molar-refractivity contribution >= 4 is 0 Å². The summed E-state index contributed by atoms with van der Waals surface area (Å²) in [4.78, 5) is 2.50. The number of hydrogen-bond acceptors (Lipinski definition) is 3. The van der Waals surface area contributed by atoms with Crippen LogP contribution in [-0.4, -0.2) is 48.3 Å². The van der Waals surface area contributed by atoms with Crippen molar-refractivity contribution in [3.05, 3.63) is 0 Å². The summed E-state index contributed by atoms with van der Waals surface area (Å²) in [6.45, 7) is 7.75. The van der Waals surface area contributed by atoms with E-state index in [1.165, 1.54) is 38.5 Å². The highest BCUT2D eigenvalue weighted by Gasteiger charge is 2.19. The van der Waals surface area contributed by atoms with Gasteiger partial charge >= 0.3 is 0 Å². The molecule has 0 aliphatic heterocycles. The van der Waals surface area contributed by atoms with E-state index in [0.717, 1.165) is 25.7 Å². The van der Waals surface area contributed by atoms with Crippen LogP contribution < -0.4 is 5.32 Å². The maximum absolute atomic E-state index is 9.15. The first-order valence-corrected chi connectivity index (χ1v) is 7.32. The maximum Gasteiger partial charge on any atom is 0.0558 e. The van der Waals surface area contributed by atoms with E-state index in [9.17, 15) is 0 Å². The number of aliphatic hydroxyl groups is 1. The summed E-state index contributed by atoms with van der Waals surface area (Å²) in [6.07, 6.45) is 8.00. The summed E-state index contributed by atoms with van der Waals surface area (Å²) in [6, 6.07) is 1.31. The van der Waals surface area contributed by atoms with E-state index in [4.69, 9.17) is 5.11 Å². The maximum atomic E-state index is 9.15. The molecule has 0 aromatic carbocycles. The summed E-state index contributed by atoms with van der Waals surface area (Å²) >= 11 is 0. The number of nitrogens with zero attached hydrogens (tertiary/aromatic N) is 1. The van der Waals surface area contributed by atoms with E-state index >= 15 is 0 Å². The van der Waals surface area contributed by atoms with Crippen molar-refractivity contribution in [1.29, 1.82) is 0 Å². The smallest absolute Gasteiger partial charge is 0.0558 e. The van der Waals surface area contributed by atoms with Gasteiger partial charge in [0, 0.05) is 18.6 Å². The van der Waals surface area contributed by atoms with E-state index < -0.39 is 0 Å². The van der Waals surface area contributed by atoms with Gasteiger partial charge in [0.1, 0.15) is 0 Å². The van der Waals surface area contributed by atoms with Crippen LogP contribution in [-0.2, 0) is 0 Å². The molecule has 0 atom stereocenters. The highest BCUT2D eigenvalue weighted by atomic mass is 16.3. The molecule has 1 fully saturated rings. The molecule has 1 aliphatic rings. The third-order valence-corrected chi connectivity index (χ3v) is 3.65. The second kappa shape index (κ2) is 8.90. The molecular formula is C14H30N2O. The lowest BCUT2D eigenvalue weighted by Crippen LogP contribution is -2.40. The van der Waals surface area contributed by atoms with Gasteiger partial charge in [0.25, 0.3) is 0 Å². The molecule has 1 saturated carbocycles. The van der Waals surface area contributed by atoms with E-state index in [1.54, 1.807) is 0 Å². The van der Waals surface area contributed by atoms with Crippen LogP contribution in [0.1, 0.15) is 52.4 Å². The van der Waals surface area contributed by atoms with Crippen LogP contribution in [0.15, 0.2) is 0 Å². The minimum atomic E-state index is 0.300. The summed E-state index contributed by atoms with van der Waals surface area (Å²) < 4.78 is 0. The van der Waals surface area contributed by atoms with Gasteiger partial charge in [0.05, 0.1) is 6.61 Å². The minimum absolute atomic E-state index is 0.300. The van der Waals surface area contributed by atoms with Crippen LogP contribution in [0.2, 0.25) is 0 Å². The monoisotopic (exact) mass is 242 g/mol. The van der Waals surface area contributed by atoms with Crippen molar-refractivity contribution in [1.82, 2.24) is 10.2 Å². The fraction of sp³-hybridized carbons (Fsp3) is 1.00. The van der Waals surface area contributed by atoms with Gasteiger partial charge in [-0.2, -0.15) is 0 Å². The second-order valence-corrected chi connectivity index (χ2v) is 5.51. The molecule has 0 saturated heterocycles. The highest BCUT2D eigenvalue weighted by molar-refractivity contribution is 4.76. The molecule has 2 N–H and O–H groups in total. The van der Waals surface area contributed by atoms with Crippen LogP contribution >= 0.6 is 0 Å². The van der Waals surface area contributed by atoms with Crippen LogP contribution in [0, 0.1) is 0 Å². The number of rotatable bonds is 8. The van der Waals surface area contributed by atoms with E-state index in [1.807, 2.05) is 0 Å². The molecule has 0 aromatic heterocycles. The van der Waals surface area contributed by atoms with Gasteiger partial charge in [-0.3, -0.25) is 4.90 Å². The second-order valence-electron chi connectivity index (χ2n) is 5.51. The molecule has 0 aromatic rings. The van der Waals surface area contributed by atoms with Crippen LogP contribution in [0.5, 0.6) is 0 Å². The van der Waals surface area contributed by atoms with Gasteiger partial charge in [-0.1, -0.05) is 33.1 Å². The first-order chi connectivity index (χ1) is 8.24. The van der Waals surface area contributed by atoms with Gasteiger partial charge in [0.2, 0.25) is 0 Å². The number of nitrogens with one attached hydrogen (secondary N) is 1. The Morgan fingerprint density at radius 2 is 1.88 bits per heavy atom. The van der Waals surface area contributed by atoms with Gasteiger partial charge in [-0.15, -0.1) is 0 Å². The van der Waals surface area contributed by atoms with E-state index in [-0.39, 0.29) is 0 Å². The Labute approximate surface area is 107 Å². The minimum Gasteiger partial charge on any atom is -0.395 e. The molecular weight excluding hydrogens is 212 g/mol. The Morgan fingerprint density at radius 1 is 1.18 bits per heavy atom. The van der Waals surface area contributed by atoms with Crippen LogP contribution in [0.4, 0.5) is 0 Å². The molecule has 0 amide bonds. The SMILES string of the molecule is CC(C)NCCCN(CCO)C1CCCCC1. The zero-order valence-corrected chi connectivity index (χ0v) is 11.6. The fourth-order valence-electron chi connectivity index (χ4n) is 2.72. The first-order valence-electron chi connectivity index (χ1n) is 7.32. The number of hydrogen-bond donors (Lipinski definition) is 2. The zero-order valence-electron chi connectivity index (χ0n) is 11.6. The van der Waals surface area contributed by atoms with Gasteiger partial charge < -0.3 is 10.4 Å². The lowest BCUT2D eigenvalue weighted by molar-refractivity contribution is 0.122. The predicted molar refractivity (Wildman–Crippen MR) is 73.3 cm³/mol. The normalized spacial score (nSPS) is 18.2. The molecule has 0 radical (unpaired) electrons. The average Bonchev–Trinajstić information content (AvgIpc) is 2.34. The van der Waals surface area contributed by atoms with Gasteiger partial charge in [-0.05, 0) is 32.4 Å². The summed E-state index contributed by atoms with van der Waals surface area (Å²) in [7, 11) is 0. The summed E-state index contributed by atoms with van der Waals surface area (Å²) in [5, 5.41) is 12.6. The van der Waals surface area contributed by atoms with Crippen LogP contribution in [0.3, 0.4) is 0 Å². The van der Waals surface area contributed by atoms with Crippen molar-refractivity contribution in [2.24, 2.45) is 0 Å². The lowest BCUT2D eigenvalue weighted by atomic mass is 9.94. The molecule has 1 aliphatic carbocycles. The van der Waals surface area contributed by atoms with Crippen LogP contribution in [0.25, 0.3) is 0 Å². The van der Waals surface area contributed by atoms with E-state index in [0.29, 0.717) is 12.6 Å². The van der Waals surface area contributed by atoms with Crippen molar-refractivity contribution in [2.75, 3.05) is 26.2 Å². The third kappa shape index (κ3) is 6.39. The standard InChI is InChI=1S/C14H30N2O/c1-13(2)15-9-6-10-16(11-12-17)14-7-4-3-5-8-14/h13-15,17H,3-12H2,1-2H3. The van der Waals surface area contributed by atoms with Gasteiger partial charge in [0.15, 0.2) is 0 Å². The molecule has 0 unspecified atom stereocenters. The zero-order chi connectivity index (χ0) is 12.5. The predicted octanol–water partition coefficient (Wildman–Crippen LogP) is 2.00. The summed E-state index contributed by atoms with van der Waals surface area (Å²) in [5.41, 5.74) is 0. The van der Waals surface area contributed by atoms with Crippen molar-refractivity contribution in [3.8, 4) is 0 Å². The van der Waals surface area contributed by atoms with Crippen molar-refractivity contribution in [2.45, 2.75) is 64.5 Å². The number of aliphatic hydroxyl groups excluding tert-OH is 1. The largest absolute Gasteiger partial charge is 0.395 e. The van der Waals surface area contributed by atoms with Crippen molar-refractivity contribution in [3.63, 3.8) is 0 Å². The molecule has 17 heavy (non-hydrogen) atoms. The Hall–Kier alpha value is -0.120. The molecule has 0 heterocycles. The molecule has 0 bridgehead atoms. The quantitative estimate of drug-likeness (QED) is 0.639. The van der Waals surface area contributed by atoms with E-state index in [2.05, 4.69) is 24.1 Å². The Morgan fingerprint density at radius 3 is 2.47 bits per heavy atom. The molecule has 3 nitrogen and oxygen atoms in total. The van der Waals surface area contributed by atoms with Gasteiger partial charge in [-0.25, -0.2) is 0 Å². The molecule has 3 heteroatoms. The Balaban J connectivity index is 2.21. The first kappa shape index (κ1) is 14.9. The Bertz CT molecular complexity index is 179. The fourth-order valence-corrected chi connectivity index (χ4v) is 2.72. The lowest BCUT2D eigenvalue weighted by Gasteiger charge is -2.34. The molecule has 0 spiro atoms.